The van der Waals surface area contributed by atoms with Crippen molar-refractivity contribution in [2.24, 2.45) is 11.8 Å². The van der Waals surface area contributed by atoms with Crippen LogP contribution < -0.4 is 10.6 Å². The van der Waals surface area contributed by atoms with Crippen molar-refractivity contribution >= 4 is 45.7 Å². The third-order valence-corrected chi connectivity index (χ3v) is 10.9. The average Bonchev–Trinajstić information content (AvgIpc) is 3.94. The van der Waals surface area contributed by atoms with Gasteiger partial charge in [0.15, 0.2) is 10.7 Å². The molecule has 16 heteroatoms. The van der Waals surface area contributed by atoms with E-state index in [9.17, 15) is 29.1 Å². The second-order valence-corrected chi connectivity index (χ2v) is 15.4. The van der Waals surface area contributed by atoms with E-state index in [1.54, 1.807) is 16.0 Å². The number of likely N-dealkylation sites (tertiary alicyclic amines) is 2. The van der Waals surface area contributed by atoms with E-state index in [2.05, 4.69) is 20.6 Å². The van der Waals surface area contributed by atoms with E-state index in [0.29, 0.717) is 31.0 Å². The van der Waals surface area contributed by atoms with Gasteiger partial charge in [0.05, 0.1) is 36.1 Å². The lowest BCUT2D eigenvalue weighted by atomic mass is 10.0. The Morgan fingerprint density at radius 3 is 2.35 bits per heavy atom. The van der Waals surface area contributed by atoms with Crippen LogP contribution in [0, 0.1) is 11.8 Å². The molecule has 2 aliphatic heterocycles. The summed E-state index contributed by atoms with van der Waals surface area (Å²) in [6.07, 6.45) is 12.5. The fraction of sp³-hybridized carbons (Fsp3) is 0.528. The van der Waals surface area contributed by atoms with Crippen molar-refractivity contribution in [3.05, 3.63) is 48.6 Å². The summed E-state index contributed by atoms with van der Waals surface area (Å²) in [6.45, 7) is 9.25. The monoisotopic (exact) mass is 733 g/mol. The highest BCUT2D eigenvalue weighted by molar-refractivity contribution is 7.19. The van der Waals surface area contributed by atoms with Crippen molar-refractivity contribution in [2.45, 2.75) is 90.9 Å². The number of aliphatic hydroxyl groups is 1. The maximum Gasteiger partial charge on any atom is 0.246 e. The maximum atomic E-state index is 13.5. The molecule has 2 aliphatic rings. The smallest absolute Gasteiger partial charge is 0.246 e. The van der Waals surface area contributed by atoms with E-state index < -0.39 is 30.6 Å². The molecule has 0 aromatic carbocycles. The Morgan fingerprint density at radius 1 is 0.962 bits per heavy atom. The molecule has 4 atom stereocenters. The molecule has 0 radical (unpaired) electrons. The highest BCUT2D eigenvalue weighted by Gasteiger charge is 2.39. The van der Waals surface area contributed by atoms with E-state index in [1.165, 1.54) is 18.3 Å². The van der Waals surface area contributed by atoms with E-state index in [-0.39, 0.29) is 47.8 Å². The Labute approximate surface area is 305 Å². The fourth-order valence-corrected chi connectivity index (χ4v) is 8.13. The predicted octanol–water partition coefficient (Wildman–Crippen LogP) is 2.64. The number of fused-ring (bicyclic) bond motifs is 1. The summed E-state index contributed by atoms with van der Waals surface area (Å²) in [7, 11) is 0. The molecular weight excluding hydrogens is 687 g/mol. The normalized spacial score (nSPS) is 18.8. The van der Waals surface area contributed by atoms with Crippen LogP contribution in [-0.2, 0) is 30.4 Å². The first-order valence-corrected chi connectivity index (χ1v) is 18.7. The highest BCUT2D eigenvalue weighted by Crippen LogP contribution is 2.33. The molecule has 0 bridgehead atoms. The molecule has 2 fully saturated rings. The average molecular weight is 734 g/mol. The molecule has 52 heavy (non-hydrogen) atoms. The number of imidazole rings is 2. The summed E-state index contributed by atoms with van der Waals surface area (Å²) in [5, 5.41) is 15.5. The highest BCUT2D eigenvalue weighted by atomic mass is 32.1. The van der Waals surface area contributed by atoms with Crippen LogP contribution in [0.3, 0.4) is 0 Å². The first-order valence-electron chi connectivity index (χ1n) is 17.9. The van der Waals surface area contributed by atoms with Crippen molar-refractivity contribution in [3.63, 3.8) is 0 Å². The molecule has 0 unspecified atom stereocenters. The number of aromatic nitrogens is 5. The van der Waals surface area contributed by atoms with Crippen molar-refractivity contribution in [1.29, 1.82) is 0 Å². The number of Topliss-reactive ketones (excluding diaryl/α,β-unsaturated/α-hetero) is 1. The number of nitrogens with one attached hydrogen (secondary N) is 3. The number of thiazole rings is 1. The van der Waals surface area contributed by atoms with Gasteiger partial charge in [0, 0.05) is 50.4 Å². The third kappa shape index (κ3) is 7.67. The van der Waals surface area contributed by atoms with Crippen LogP contribution in [0.1, 0.15) is 77.9 Å². The molecule has 4 aromatic rings. The zero-order valence-electron chi connectivity index (χ0n) is 30.2. The van der Waals surface area contributed by atoms with Crippen molar-refractivity contribution in [2.75, 3.05) is 19.7 Å². The van der Waals surface area contributed by atoms with Crippen LogP contribution in [0.4, 0.5) is 0 Å². The van der Waals surface area contributed by atoms with Crippen LogP contribution in [0.25, 0.3) is 21.2 Å². The summed E-state index contributed by atoms with van der Waals surface area (Å²) in [4.78, 5) is 80.8. The lowest BCUT2D eigenvalue weighted by Crippen LogP contribution is -2.53. The van der Waals surface area contributed by atoms with Gasteiger partial charge in [-0.2, -0.15) is 0 Å². The van der Waals surface area contributed by atoms with Crippen molar-refractivity contribution in [3.8, 4) is 16.3 Å². The summed E-state index contributed by atoms with van der Waals surface area (Å²) in [5.41, 5.74) is 2.36. The third-order valence-electron chi connectivity index (χ3n) is 9.85. The molecule has 4 amide bonds. The number of hydrogen-bond acceptors (Lipinski definition) is 9. The SMILES string of the molecule is CC(=O)N[C@H](C(=O)N1CCC[C@H]1C(=O)Cc1cn2cc(-n3ccc(-c4cnc([C@@H]5CCCN5C(=O)[C@@H](NC(=O)CO)C(C)C)[nH]4)c3)sc2n1)C(C)C. The Hall–Kier alpha value is -4.83. The second-order valence-electron chi connectivity index (χ2n) is 14.4. The number of hydrogen-bond donors (Lipinski definition) is 4. The molecule has 6 heterocycles. The molecule has 0 spiro atoms. The van der Waals surface area contributed by atoms with Gasteiger partial charge in [0.2, 0.25) is 23.6 Å². The Morgan fingerprint density at radius 2 is 1.65 bits per heavy atom. The van der Waals surface area contributed by atoms with Crippen LogP contribution in [-0.4, -0.2) is 106 Å². The van der Waals surface area contributed by atoms with Crippen LogP contribution in [0.15, 0.2) is 37.1 Å². The van der Waals surface area contributed by atoms with Crippen molar-refractivity contribution in [1.82, 2.24) is 44.4 Å². The van der Waals surface area contributed by atoms with E-state index >= 15 is 0 Å². The Balaban J connectivity index is 1.11. The number of nitrogens with zero attached hydrogens (tertiary/aromatic N) is 6. The molecule has 0 aliphatic carbocycles. The Kier molecular flexibility index (Phi) is 11.0. The lowest BCUT2D eigenvalue weighted by Gasteiger charge is -2.30. The van der Waals surface area contributed by atoms with Crippen LogP contribution in [0.5, 0.6) is 0 Å². The van der Waals surface area contributed by atoms with E-state index in [4.69, 9.17) is 4.98 Å². The number of H-pyrrole nitrogens is 1. The lowest BCUT2D eigenvalue weighted by molar-refractivity contribution is -0.141. The van der Waals surface area contributed by atoms with Crippen molar-refractivity contribution < 1.29 is 29.1 Å². The number of aliphatic hydroxyl groups excluding tert-OH is 1. The quantitative estimate of drug-likeness (QED) is 0.162. The summed E-state index contributed by atoms with van der Waals surface area (Å²) >= 11 is 1.48. The molecule has 278 valence electrons. The minimum Gasteiger partial charge on any atom is -0.387 e. The maximum absolute atomic E-state index is 13.5. The number of carbonyl (C=O) groups excluding carboxylic acids is 5. The molecule has 4 N–H and O–H groups in total. The molecule has 2 saturated heterocycles. The Bertz CT molecular complexity index is 1930. The van der Waals surface area contributed by atoms with Crippen LogP contribution in [0.2, 0.25) is 0 Å². The summed E-state index contributed by atoms with van der Waals surface area (Å²) < 4.78 is 3.89. The number of ketones is 1. The van der Waals surface area contributed by atoms with E-state index in [1.807, 2.05) is 67.5 Å². The van der Waals surface area contributed by atoms with Gasteiger partial charge in [0.25, 0.3) is 0 Å². The zero-order valence-corrected chi connectivity index (χ0v) is 31.0. The minimum absolute atomic E-state index is 0.0607. The number of amides is 4. The largest absolute Gasteiger partial charge is 0.387 e. The zero-order chi connectivity index (χ0) is 37.3. The van der Waals surface area contributed by atoms with E-state index in [0.717, 1.165) is 40.5 Å². The van der Waals surface area contributed by atoms with Gasteiger partial charge < -0.3 is 35.1 Å². The molecule has 0 saturated carbocycles. The first-order chi connectivity index (χ1) is 24.8. The number of rotatable bonds is 13. The van der Waals surface area contributed by atoms with Gasteiger partial charge in [0.1, 0.15) is 29.5 Å². The summed E-state index contributed by atoms with van der Waals surface area (Å²) in [6, 6.07) is -0.212. The topological polar surface area (TPSA) is 187 Å². The minimum atomic E-state index is -0.736. The van der Waals surface area contributed by atoms with Gasteiger partial charge in [-0.1, -0.05) is 39.0 Å². The first kappa shape index (κ1) is 36.9. The van der Waals surface area contributed by atoms with Crippen LogP contribution >= 0.6 is 11.3 Å². The van der Waals surface area contributed by atoms with Gasteiger partial charge in [-0.15, -0.1) is 0 Å². The molecule has 4 aromatic heterocycles. The summed E-state index contributed by atoms with van der Waals surface area (Å²) in [5.74, 6) is -0.889. The van der Waals surface area contributed by atoms with Gasteiger partial charge in [-0.05, 0) is 43.6 Å². The number of aromatic amines is 1. The van der Waals surface area contributed by atoms with Gasteiger partial charge >= 0.3 is 0 Å². The van der Waals surface area contributed by atoms with Gasteiger partial charge in [-0.3, -0.25) is 28.4 Å². The molecule has 6 rings (SSSR count). The standard InChI is InChI=1S/C36H47N9O6S/c1-20(2)31(38-22(5)47)34(50)44-11-6-8-26(44)28(48)14-24-17-43-18-30(52-36(43)39-24)42-13-10-23(16-42)25-15-37-33(40-25)27-9-7-12-45(27)35(51)32(21(3)4)41-29(49)19-46/h10,13,15-18,20-21,26-27,31-32,46H,6-9,11-12,14,19H2,1-5H3,(H,37,40)(H,38,47)(H,41,49)/t26-,27-,31-,32-/m0/s1. The van der Waals surface area contributed by atoms with Gasteiger partial charge in [-0.25, -0.2) is 9.97 Å². The molecular formula is C36H47N9O6S. The number of carbonyl (C=O) groups is 5. The fourth-order valence-electron chi connectivity index (χ4n) is 7.18. The predicted molar refractivity (Wildman–Crippen MR) is 193 cm³/mol. The molecule has 15 nitrogen and oxygen atoms in total. The second kappa shape index (κ2) is 15.4.